The maximum atomic E-state index is 12.6. The Hall–Kier alpha value is -3.32. The lowest BCUT2D eigenvalue weighted by molar-refractivity contribution is 0.102. The van der Waals surface area contributed by atoms with E-state index < -0.39 is 5.91 Å². The summed E-state index contributed by atoms with van der Waals surface area (Å²) in [4.78, 5) is 37.3. The Kier molecular flexibility index (Phi) is 5.89. The number of carbonyl (C=O) groups excluding carboxylic acids is 2. The molecule has 29 heavy (non-hydrogen) atoms. The largest absolute Gasteiger partial charge is 0.305 e. The first-order chi connectivity index (χ1) is 13.7. The summed E-state index contributed by atoms with van der Waals surface area (Å²) in [5.41, 5.74) is 1.53. The van der Waals surface area contributed by atoms with E-state index in [9.17, 15) is 9.59 Å². The van der Waals surface area contributed by atoms with Crippen LogP contribution in [0.4, 0.5) is 11.6 Å². The number of nitrogens with zero attached hydrogens (tertiary/aromatic N) is 3. The molecular weight excluding hydrogens is 390 g/mol. The normalized spacial score (nSPS) is 11.0. The third kappa shape index (κ3) is 5.14. The molecule has 0 aliphatic carbocycles. The van der Waals surface area contributed by atoms with Crippen molar-refractivity contribution in [3.8, 4) is 0 Å². The second-order valence-corrected chi connectivity index (χ2v) is 7.79. The minimum absolute atomic E-state index is 0.0130. The van der Waals surface area contributed by atoms with Crippen LogP contribution in [0.5, 0.6) is 0 Å². The van der Waals surface area contributed by atoms with Crippen molar-refractivity contribution < 1.29 is 9.59 Å². The first-order valence-corrected chi connectivity index (χ1v) is 9.27. The number of hydrogen-bond acceptors (Lipinski definition) is 5. The molecule has 148 valence electrons. The molecule has 0 unspecified atom stereocenters. The molecule has 2 aromatic heterocycles. The van der Waals surface area contributed by atoms with E-state index in [-0.39, 0.29) is 22.8 Å². The minimum Gasteiger partial charge on any atom is -0.305 e. The van der Waals surface area contributed by atoms with Crippen LogP contribution in [-0.4, -0.2) is 26.8 Å². The number of rotatable bonds is 4. The molecule has 8 heteroatoms. The predicted octanol–water partition coefficient (Wildman–Crippen LogP) is 4.33. The quantitative estimate of drug-likeness (QED) is 0.668. The van der Waals surface area contributed by atoms with Crippen LogP contribution >= 0.6 is 11.6 Å². The number of nitrogens with one attached hydrogen (secondary N) is 2. The fourth-order valence-electron chi connectivity index (χ4n) is 2.52. The van der Waals surface area contributed by atoms with Gasteiger partial charge in [-0.3, -0.25) is 9.59 Å². The SMILES string of the molecule is CC(C)(C)c1ccc(C(=O)Nc2nccnc2C(=O)Nc2ccc(Cl)cn2)cc1. The second kappa shape index (κ2) is 8.36. The van der Waals surface area contributed by atoms with Crippen LogP contribution in [0.2, 0.25) is 5.02 Å². The Morgan fingerprint density at radius 2 is 1.55 bits per heavy atom. The monoisotopic (exact) mass is 409 g/mol. The van der Waals surface area contributed by atoms with Gasteiger partial charge in [0, 0.05) is 24.2 Å². The van der Waals surface area contributed by atoms with Crippen LogP contribution < -0.4 is 10.6 Å². The molecule has 0 fully saturated rings. The molecule has 0 saturated heterocycles. The standard InChI is InChI=1S/C21H20ClN5O2/c1-21(2,3)14-6-4-13(5-7-14)19(28)27-18-17(23-10-11-24-18)20(29)26-16-9-8-15(22)12-25-16/h4-12H,1-3H3,(H,24,27,28)(H,25,26,29). The molecule has 3 rings (SSSR count). The Morgan fingerprint density at radius 3 is 2.17 bits per heavy atom. The van der Waals surface area contributed by atoms with Crippen LogP contribution in [0.3, 0.4) is 0 Å². The lowest BCUT2D eigenvalue weighted by Crippen LogP contribution is -2.21. The summed E-state index contributed by atoms with van der Waals surface area (Å²) < 4.78 is 0. The zero-order valence-electron chi connectivity index (χ0n) is 16.2. The van der Waals surface area contributed by atoms with Crippen molar-refractivity contribution in [1.82, 2.24) is 15.0 Å². The molecular formula is C21H20ClN5O2. The Bertz CT molecular complexity index is 1030. The summed E-state index contributed by atoms with van der Waals surface area (Å²) in [6.45, 7) is 6.30. The van der Waals surface area contributed by atoms with E-state index in [1.165, 1.54) is 18.6 Å². The summed E-state index contributed by atoms with van der Waals surface area (Å²) in [5.74, 6) is -0.570. The number of halogens is 1. The van der Waals surface area contributed by atoms with Crippen LogP contribution in [0.1, 0.15) is 47.2 Å². The highest BCUT2D eigenvalue weighted by Crippen LogP contribution is 2.22. The summed E-state index contributed by atoms with van der Waals surface area (Å²) in [6, 6.07) is 10.5. The van der Waals surface area contributed by atoms with E-state index in [0.29, 0.717) is 16.4 Å². The average molecular weight is 410 g/mol. The van der Waals surface area contributed by atoms with Crippen LogP contribution in [-0.2, 0) is 5.41 Å². The first kappa shape index (κ1) is 20.4. The van der Waals surface area contributed by atoms with E-state index in [1.807, 2.05) is 12.1 Å². The third-order valence-electron chi connectivity index (χ3n) is 4.13. The smallest absolute Gasteiger partial charge is 0.279 e. The lowest BCUT2D eigenvalue weighted by Gasteiger charge is -2.19. The Balaban J connectivity index is 1.77. The van der Waals surface area contributed by atoms with Crippen LogP contribution in [0.15, 0.2) is 55.0 Å². The van der Waals surface area contributed by atoms with Crippen molar-refractivity contribution in [2.24, 2.45) is 0 Å². The van der Waals surface area contributed by atoms with Crippen LogP contribution in [0.25, 0.3) is 0 Å². The molecule has 3 aromatic rings. The summed E-state index contributed by atoms with van der Waals surface area (Å²) in [5, 5.41) is 5.70. The van der Waals surface area contributed by atoms with Crippen LogP contribution in [0, 0.1) is 0 Å². The van der Waals surface area contributed by atoms with Crippen molar-refractivity contribution in [2.45, 2.75) is 26.2 Å². The van der Waals surface area contributed by atoms with E-state index in [0.717, 1.165) is 5.56 Å². The van der Waals surface area contributed by atoms with E-state index in [1.54, 1.807) is 24.3 Å². The molecule has 0 aliphatic rings. The van der Waals surface area contributed by atoms with Gasteiger partial charge in [-0.1, -0.05) is 44.5 Å². The molecule has 0 radical (unpaired) electrons. The van der Waals surface area contributed by atoms with Gasteiger partial charge in [-0.15, -0.1) is 0 Å². The Morgan fingerprint density at radius 1 is 0.862 bits per heavy atom. The van der Waals surface area contributed by atoms with Gasteiger partial charge >= 0.3 is 0 Å². The maximum absolute atomic E-state index is 12.6. The van der Waals surface area contributed by atoms with Gasteiger partial charge in [-0.05, 0) is 35.2 Å². The van der Waals surface area contributed by atoms with Gasteiger partial charge < -0.3 is 10.6 Å². The van der Waals surface area contributed by atoms with E-state index in [4.69, 9.17) is 11.6 Å². The molecule has 7 nitrogen and oxygen atoms in total. The molecule has 2 heterocycles. The topological polar surface area (TPSA) is 96.9 Å². The zero-order chi connectivity index (χ0) is 21.0. The van der Waals surface area contributed by atoms with Gasteiger partial charge in [-0.2, -0.15) is 0 Å². The molecule has 0 atom stereocenters. The summed E-state index contributed by atoms with van der Waals surface area (Å²) in [7, 11) is 0. The highest BCUT2D eigenvalue weighted by Gasteiger charge is 2.19. The second-order valence-electron chi connectivity index (χ2n) is 7.35. The number of aromatic nitrogens is 3. The number of carbonyl (C=O) groups is 2. The van der Waals surface area contributed by atoms with Gasteiger partial charge in [0.15, 0.2) is 11.5 Å². The molecule has 2 amide bonds. The van der Waals surface area contributed by atoms with E-state index in [2.05, 4.69) is 46.4 Å². The lowest BCUT2D eigenvalue weighted by atomic mass is 9.87. The number of amides is 2. The first-order valence-electron chi connectivity index (χ1n) is 8.90. The fraction of sp³-hybridized carbons (Fsp3) is 0.190. The predicted molar refractivity (Wildman–Crippen MR) is 112 cm³/mol. The number of anilines is 2. The van der Waals surface area contributed by atoms with Gasteiger partial charge in [0.05, 0.1) is 5.02 Å². The van der Waals surface area contributed by atoms with Crippen molar-refractivity contribution in [3.63, 3.8) is 0 Å². The van der Waals surface area contributed by atoms with Gasteiger partial charge in [0.25, 0.3) is 11.8 Å². The van der Waals surface area contributed by atoms with Gasteiger partial charge in [0.1, 0.15) is 5.82 Å². The summed E-state index contributed by atoms with van der Waals surface area (Å²) >= 11 is 5.80. The zero-order valence-corrected chi connectivity index (χ0v) is 17.0. The number of pyridine rings is 1. The fourth-order valence-corrected chi connectivity index (χ4v) is 2.63. The maximum Gasteiger partial charge on any atom is 0.279 e. The third-order valence-corrected chi connectivity index (χ3v) is 4.35. The van der Waals surface area contributed by atoms with Gasteiger partial charge in [-0.25, -0.2) is 15.0 Å². The van der Waals surface area contributed by atoms with Crippen molar-refractivity contribution >= 4 is 35.1 Å². The Labute approximate surface area is 173 Å². The highest BCUT2D eigenvalue weighted by atomic mass is 35.5. The number of hydrogen-bond donors (Lipinski definition) is 2. The summed E-state index contributed by atoms with van der Waals surface area (Å²) in [6.07, 6.45) is 4.19. The van der Waals surface area contributed by atoms with E-state index >= 15 is 0 Å². The molecule has 0 aliphatic heterocycles. The van der Waals surface area contributed by atoms with Crippen molar-refractivity contribution in [2.75, 3.05) is 10.6 Å². The molecule has 1 aromatic carbocycles. The molecule has 2 N–H and O–H groups in total. The molecule has 0 spiro atoms. The van der Waals surface area contributed by atoms with Crippen molar-refractivity contribution in [1.29, 1.82) is 0 Å². The molecule has 0 bridgehead atoms. The minimum atomic E-state index is -0.550. The van der Waals surface area contributed by atoms with Gasteiger partial charge in [0.2, 0.25) is 0 Å². The molecule has 0 saturated carbocycles. The number of benzene rings is 1. The average Bonchev–Trinajstić information content (AvgIpc) is 2.69. The van der Waals surface area contributed by atoms with Crippen molar-refractivity contribution in [3.05, 3.63) is 76.8 Å². The highest BCUT2D eigenvalue weighted by molar-refractivity contribution is 6.30.